The normalized spacial score (nSPS) is 10.5. The Hall–Kier alpha value is -0.740. The maximum Gasteiger partial charge on any atom is 0.328 e. The number of aliphatic carboxylic acids is 1. The first-order chi connectivity index (χ1) is 6.18. The molecule has 2 nitrogen and oxygen atoms in total. The van der Waals surface area contributed by atoms with Crippen molar-refractivity contribution in [2.45, 2.75) is 4.90 Å². The van der Waals surface area contributed by atoms with Crippen molar-refractivity contribution >= 4 is 33.7 Å². The number of halogens is 1. The van der Waals surface area contributed by atoms with Crippen LogP contribution in [0.3, 0.4) is 0 Å². The molecule has 68 valence electrons. The molecule has 0 radical (unpaired) electrons. The lowest BCUT2D eigenvalue weighted by atomic mass is 10.4. The van der Waals surface area contributed by atoms with Crippen molar-refractivity contribution in [2.75, 3.05) is 0 Å². The van der Waals surface area contributed by atoms with Crippen LogP contribution in [0.1, 0.15) is 0 Å². The van der Waals surface area contributed by atoms with Crippen molar-refractivity contribution in [3.8, 4) is 0 Å². The molecule has 4 heteroatoms. The molecular formula is C9H7BrO2S. The van der Waals surface area contributed by atoms with Crippen LogP contribution in [-0.2, 0) is 4.79 Å². The summed E-state index contributed by atoms with van der Waals surface area (Å²) in [6.45, 7) is 0. The molecule has 0 bridgehead atoms. The molecule has 0 fully saturated rings. The molecule has 0 saturated carbocycles. The zero-order valence-electron chi connectivity index (χ0n) is 6.61. The minimum absolute atomic E-state index is 0.928. The van der Waals surface area contributed by atoms with Crippen LogP contribution in [0.2, 0.25) is 0 Å². The lowest BCUT2D eigenvalue weighted by Gasteiger charge is -1.95. The van der Waals surface area contributed by atoms with Gasteiger partial charge in [-0.25, -0.2) is 4.79 Å². The zero-order chi connectivity index (χ0) is 9.68. The molecule has 0 aliphatic heterocycles. The molecule has 1 aromatic carbocycles. The van der Waals surface area contributed by atoms with E-state index >= 15 is 0 Å². The number of benzene rings is 1. The van der Waals surface area contributed by atoms with E-state index in [4.69, 9.17) is 5.11 Å². The monoisotopic (exact) mass is 258 g/mol. The number of rotatable bonds is 3. The van der Waals surface area contributed by atoms with Crippen LogP contribution in [0.5, 0.6) is 0 Å². The highest BCUT2D eigenvalue weighted by Crippen LogP contribution is 2.22. The molecule has 1 aromatic rings. The molecule has 0 unspecified atom stereocenters. The summed E-state index contributed by atoms with van der Waals surface area (Å²) in [6, 6.07) is 7.67. The molecule has 0 heterocycles. The molecule has 0 saturated heterocycles. The highest BCUT2D eigenvalue weighted by atomic mass is 79.9. The molecule has 0 amide bonds. The van der Waals surface area contributed by atoms with E-state index in [2.05, 4.69) is 15.9 Å². The van der Waals surface area contributed by atoms with Crippen molar-refractivity contribution in [3.63, 3.8) is 0 Å². The third-order valence-electron chi connectivity index (χ3n) is 1.21. The molecule has 1 N–H and O–H groups in total. The quantitative estimate of drug-likeness (QED) is 0.669. The fraction of sp³-hybridized carbons (Fsp3) is 0. The number of carboxylic acid groups (broad SMARTS) is 1. The summed E-state index contributed by atoms with van der Waals surface area (Å²) in [5, 5.41) is 9.88. The van der Waals surface area contributed by atoms with E-state index < -0.39 is 5.97 Å². The number of carbonyl (C=O) groups is 1. The summed E-state index contributed by atoms with van der Waals surface area (Å²) in [7, 11) is 0. The number of hydrogen-bond acceptors (Lipinski definition) is 2. The Morgan fingerprint density at radius 1 is 1.54 bits per heavy atom. The summed E-state index contributed by atoms with van der Waals surface area (Å²) < 4.78 is 0.987. The van der Waals surface area contributed by atoms with E-state index in [1.54, 1.807) is 5.41 Å². The van der Waals surface area contributed by atoms with Crippen LogP contribution >= 0.6 is 27.7 Å². The topological polar surface area (TPSA) is 37.3 Å². The van der Waals surface area contributed by atoms with Crippen molar-refractivity contribution in [2.24, 2.45) is 0 Å². The summed E-state index contributed by atoms with van der Waals surface area (Å²) in [6.07, 6.45) is 1.12. The Bertz CT molecular complexity index is 336. The fourth-order valence-electron chi connectivity index (χ4n) is 0.711. The SMILES string of the molecule is O=C(O)C=CSc1cccc(Br)c1. The van der Waals surface area contributed by atoms with E-state index in [0.717, 1.165) is 15.4 Å². The minimum Gasteiger partial charge on any atom is -0.478 e. The highest BCUT2D eigenvalue weighted by Gasteiger charge is 1.92. The van der Waals surface area contributed by atoms with Crippen molar-refractivity contribution in [1.29, 1.82) is 0 Å². The van der Waals surface area contributed by atoms with Gasteiger partial charge in [0, 0.05) is 15.4 Å². The second kappa shape index (κ2) is 5.09. The Balaban J connectivity index is 2.59. The number of hydrogen-bond donors (Lipinski definition) is 1. The van der Waals surface area contributed by atoms with E-state index in [9.17, 15) is 4.79 Å². The van der Waals surface area contributed by atoms with Crippen LogP contribution in [0, 0.1) is 0 Å². The van der Waals surface area contributed by atoms with Crippen molar-refractivity contribution in [3.05, 3.63) is 40.2 Å². The highest BCUT2D eigenvalue weighted by molar-refractivity contribution is 9.10. The van der Waals surface area contributed by atoms with Gasteiger partial charge >= 0.3 is 5.97 Å². The maximum absolute atomic E-state index is 10.1. The smallest absolute Gasteiger partial charge is 0.328 e. The van der Waals surface area contributed by atoms with E-state index in [1.807, 2.05) is 24.3 Å². The Morgan fingerprint density at radius 3 is 2.92 bits per heavy atom. The lowest BCUT2D eigenvalue weighted by Crippen LogP contribution is -1.84. The van der Waals surface area contributed by atoms with Gasteiger partial charge in [0.1, 0.15) is 0 Å². The lowest BCUT2D eigenvalue weighted by molar-refractivity contribution is -0.131. The van der Waals surface area contributed by atoms with Crippen molar-refractivity contribution < 1.29 is 9.90 Å². The molecule has 0 atom stereocenters. The molecule has 0 aromatic heterocycles. The van der Waals surface area contributed by atoms with Gasteiger partial charge in [0.25, 0.3) is 0 Å². The molecule has 0 aliphatic carbocycles. The van der Waals surface area contributed by atoms with Gasteiger partial charge in [-0.1, -0.05) is 33.8 Å². The molecule has 0 spiro atoms. The predicted octanol–water partition coefficient (Wildman–Crippen LogP) is 3.14. The van der Waals surface area contributed by atoms with Gasteiger partial charge in [-0.05, 0) is 23.6 Å². The van der Waals surface area contributed by atoms with Gasteiger partial charge in [0.15, 0.2) is 0 Å². The van der Waals surface area contributed by atoms with E-state index in [-0.39, 0.29) is 0 Å². The van der Waals surface area contributed by atoms with E-state index in [1.165, 1.54) is 11.8 Å². The largest absolute Gasteiger partial charge is 0.478 e. The first kappa shape index (κ1) is 10.3. The van der Waals surface area contributed by atoms with Crippen LogP contribution < -0.4 is 0 Å². The molecule has 1 rings (SSSR count). The average molecular weight is 259 g/mol. The van der Waals surface area contributed by atoms with Gasteiger partial charge in [0.2, 0.25) is 0 Å². The Morgan fingerprint density at radius 2 is 2.31 bits per heavy atom. The average Bonchev–Trinajstić information content (AvgIpc) is 2.03. The maximum atomic E-state index is 10.1. The van der Waals surface area contributed by atoms with Gasteiger partial charge < -0.3 is 5.11 Å². The number of thioether (sulfide) groups is 1. The predicted molar refractivity (Wildman–Crippen MR) is 56.8 cm³/mol. The standard InChI is InChI=1S/C9H7BrO2S/c10-7-2-1-3-8(6-7)13-5-4-9(11)12/h1-6H,(H,11,12). The second-order valence-electron chi connectivity index (χ2n) is 2.22. The van der Waals surface area contributed by atoms with Gasteiger partial charge in [-0.3, -0.25) is 0 Å². The van der Waals surface area contributed by atoms with Crippen LogP contribution in [-0.4, -0.2) is 11.1 Å². The molecule has 0 aliphatic rings. The van der Waals surface area contributed by atoms with Crippen molar-refractivity contribution in [1.82, 2.24) is 0 Å². The van der Waals surface area contributed by atoms with Gasteiger partial charge in [-0.2, -0.15) is 0 Å². The summed E-state index contributed by atoms with van der Waals surface area (Å²) in [5.41, 5.74) is 0. The van der Waals surface area contributed by atoms with E-state index in [0.29, 0.717) is 0 Å². The van der Waals surface area contributed by atoms with Gasteiger partial charge in [0.05, 0.1) is 0 Å². The summed E-state index contributed by atoms with van der Waals surface area (Å²) in [4.78, 5) is 11.2. The first-order valence-electron chi connectivity index (χ1n) is 3.50. The third kappa shape index (κ3) is 4.15. The summed E-state index contributed by atoms with van der Waals surface area (Å²) >= 11 is 4.70. The Kier molecular flexibility index (Phi) is 4.05. The zero-order valence-corrected chi connectivity index (χ0v) is 9.01. The molecule has 13 heavy (non-hydrogen) atoms. The van der Waals surface area contributed by atoms with Crippen LogP contribution in [0.15, 0.2) is 45.1 Å². The van der Waals surface area contributed by atoms with Gasteiger partial charge in [-0.15, -0.1) is 0 Å². The van der Waals surface area contributed by atoms with Crippen LogP contribution in [0.4, 0.5) is 0 Å². The fourth-order valence-corrected chi connectivity index (χ4v) is 1.96. The third-order valence-corrected chi connectivity index (χ3v) is 2.50. The molecular weight excluding hydrogens is 252 g/mol. The Labute approximate surface area is 88.8 Å². The number of carboxylic acids is 1. The minimum atomic E-state index is -0.928. The van der Waals surface area contributed by atoms with Crippen LogP contribution in [0.25, 0.3) is 0 Å². The summed E-state index contributed by atoms with van der Waals surface area (Å²) in [5.74, 6) is -0.928. The first-order valence-corrected chi connectivity index (χ1v) is 5.17. The second-order valence-corrected chi connectivity index (χ2v) is 4.11.